The number of carbonyl (C=O) groups is 4. The summed E-state index contributed by atoms with van der Waals surface area (Å²) in [5.74, 6) is -3.84. The molecule has 0 atom stereocenters. The smallest absolute Gasteiger partial charge is 0.319 e. The van der Waals surface area contributed by atoms with Gasteiger partial charge in [0.15, 0.2) is 0 Å². The molecule has 0 fully saturated rings. The third-order valence-electron chi connectivity index (χ3n) is 1.33. The molecule has 0 amide bonds. The number of hydrogen-bond donors (Lipinski definition) is 2. The maximum atomic E-state index is 10.5. The molecule has 0 heterocycles. The van der Waals surface area contributed by atoms with Crippen LogP contribution in [-0.2, 0) is 56.9 Å². The minimum absolute atomic E-state index is 0. The number of nitrogens with two attached hydrogens (primary N) is 4. The molecule has 30 heteroatoms. The van der Waals surface area contributed by atoms with Crippen LogP contribution in [0, 0.1) is 0 Å². The van der Waals surface area contributed by atoms with Crippen LogP contribution in [0.4, 0.5) is 0 Å². The van der Waals surface area contributed by atoms with E-state index in [2.05, 4.69) is 72.0 Å². The summed E-state index contributed by atoms with van der Waals surface area (Å²) in [6.45, 7) is -0.0180. The van der Waals surface area contributed by atoms with Gasteiger partial charge in [0.1, 0.15) is 19.6 Å². The van der Waals surface area contributed by atoms with E-state index in [1.165, 1.54) is 0 Å². The molecule has 0 aromatic rings. The fraction of sp³-hybridized carbons (Fsp3) is 0.556. The van der Waals surface area contributed by atoms with Gasteiger partial charge >= 0.3 is 94.5 Å². The van der Waals surface area contributed by atoms with Crippen LogP contribution >= 0.6 is 74.9 Å². The van der Waals surface area contributed by atoms with Crippen LogP contribution in [0.15, 0.2) is 15.3 Å². The molecular weight excluding hydrogens is 1220 g/mol. The SMILES string of the molecule is CCC(=O)O.II.O.O.[Cl][Pt+2][Cl].[Cl][Pt+2][Cl].[N-]=[N+]=NCC(=O)O.[N-]=[N+]=NCC(=O)OC(=O)CN=[N+]=[N-].[NH2-].[NH2-].[NH2-].[NH2-]. The average Bonchev–Trinajstić information content (AvgIpc) is 2.78. The van der Waals surface area contributed by atoms with E-state index >= 15 is 0 Å². The molecule has 0 rings (SSSR count). The molecule has 14 N–H and O–H groups in total. The van der Waals surface area contributed by atoms with Crippen molar-refractivity contribution in [1.29, 1.82) is 0 Å². The van der Waals surface area contributed by atoms with E-state index in [0.717, 1.165) is 0 Å². The quantitative estimate of drug-likeness (QED) is 0.0654. The van der Waals surface area contributed by atoms with Gasteiger partial charge in [-0.15, -0.1) is 0 Å². The molecule has 0 saturated heterocycles. The molecule has 0 radical (unpaired) electrons. The van der Waals surface area contributed by atoms with Crippen LogP contribution in [0.25, 0.3) is 55.9 Å². The van der Waals surface area contributed by atoms with Crippen molar-refractivity contribution in [2.75, 3.05) is 19.6 Å². The zero-order valence-corrected chi connectivity index (χ0v) is 30.9. The number of carboxylic acids is 2. The van der Waals surface area contributed by atoms with E-state index in [9.17, 15) is 19.2 Å². The van der Waals surface area contributed by atoms with Crippen molar-refractivity contribution < 1.29 is 78.0 Å². The summed E-state index contributed by atoms with van der Waals surface area (Å²) in [4.78, 5) is 46.7. The predicted molar refractivity (Wildman–Crippen MR) is 159 cm³/mol. The summed E-state index contributed by atoms with van der Waals surface area (Å²) in [6.07, 6.45) is 0.222. The third kappa shape index (κ3) is 153. The van der Waals surface area contributed by atoms with E-state index in [1.807, 2.05) is 0 Å². The number of nitrogens with zero attached hydrogens (tertiary/aromatic N) is 9. The Bertz CT molecular complexity index is 647. The molecule has 39 heavy (non-hydrogen) atoms. The maximum Gasteiger partial charge on any atom is 0.319 e. The summed E-state index contributed by atoms with van der Waals surface area (Å²) < 4.78 is 4.05. The number of esters is 2. The number of carbonyl (C=O) groups excluding carboxylic acids is 2. The number of halogens is 6. The molecule has 0 aliphatic carbocycles. The van der Waals surface area contributed by atoms with Gasteiger partial charge in [0.05, 0.1) is 0 Å². The second-order valence-electron chi connectivity index (χ2n) is 3.24. The Kier molecular flexibility index (Phi) is 165. The van der Waals surface area contributed by atoms with E-state index in [4.69, 9.17) is 64.5 Å². The molecule has 0 aromatic carbocycles. The van der Waals surface area contributed by atoms with Crippen LogP contribution in [0.1, 0.15) is 13.3 Å². The van der Waals surface area contributed by atoms with Crippen LogP contribution < -0.4 is 0 Å². The normalized spacial score (nSPS) is 6.03. The van der Waals surface area contributed by atoms with E-state index in [-0.39, 0.29) is 42.0 Å². The second-order valence-corrected chi connectivity index (χ2v) is 9.81. The van der Waals surface area contributed by atoms with Crippen molar-refractivity contribution in [1.82, 2.24) is 0 Å². The van der Waals surface area contributed by atoms with Crippen LogP contribution in [0.3, 0.4) is 0 Å². The largest absolute Gasteiger partial charge is 0.693 e. The van der Waals surface area contributed by atoms with Crippen molar-refractivity contribution in [2.24, 2.45) is 15.3 Å². The van der Waals surface area contributed by atoms with Crippen molar-refractivity contribution in [3.63, 3.8) is 0 Å². The van der Waals surface area contributed by atoms with Crippen molar-refractivity contribution >= 4 is 98.8 Å². The van der Waals surface area contributed by atoms with E-state index in [0.29, 0.717) is 0 Å². The number of azide groups is 3. The molecule has 0 spiro atoms. The summed E-state index contributed by atoms with van der Waals surface area (Å²) in [7, 11) is 19.5. The zero-order valence-electron chi connectivity index (χ0n) is 19.0. The Morgan fingerprint density at radius 2 is 0.923 bits per heavy atom. The average molecular weight is 1250 g/mol. The van der Waals surface area contributed by atoms with E-state index in [1.54, 1.807) is 6.92 Å². The van der Waals surface area contributed by atoms with Crippen LogP contribution in [0.2, 0.25) is 0 Å². The fourth-order valence-electron chi connectivity index (χ4n) is 0.462. The topological polar surface area (TPSA) is 461 Å². The van der Waals surface area contributed by atoms with Gasteiger partial charge in [0, 0.05) is 58.4 Å². The fourth-order valence-corrected chi connectivity index (χ4v) is 0.462. The number of rotatable bonds is 7. The summed E-state index contributed by atoms with van der Waals surface area (Å²) in [5.41, 5.74) is 23.1. The van der Waals surface area contributed by atoms with Gasteiger partial charge < -0.3 is 50.5 Å². The summed E-state index contributed by atoms with van der Waals surface area (Å²) in [5, 5.41) is 24.0. The Morgan fingerprint density at radius 3 is 1.05 bits per heavy atom. The van der Waals surface area contributed by atoms with Crippen molar-refractivity contribution in [2.45, 2.75) is 13.3 Å². The zero-order chi connectivity index (χ0) is 27.5. The van der Waals surface area contributed by atoms with Crippen molar-refractivity contribution in [3.8, 4) is 0 Å². The van der Waals surface area contributed by atoms with Gasteiger partial charge in [-0.2, -0.15) is 0 Å². The molecule has 0 bridgehead atoms. The molecular formula is C9H25Cl4I2N13O9Pt2. The number of ether oxygens (including phenoxy) is 1. The number of hydrogen-bond acceptors (Lipinski definition) is 8. The first-order valence-corrected chi connectivity index (χ1v) is 24.1. The molecule has 0 aromatic heterocycles. The minimum Gasteiger partial charge on any atom is -0.693 e. The van der Waals surface area contributed by atoms with Gasteiger partial charge in [-0.25, -0.2) is 0 Å². The van der Waals surface area contributed by atoms with Gasteiger partial charge in [-0.3, -0.25) is 19.2 Å². The molecule has 0 saturated carbocycles. The Balaban J connectivity index is -0.0000000244. The van der Waals surface area contributed by atoms with Crippen molar-refractivity contribution in [3.05, 3.63) is 55.9 Å². The number of carboxylic acid groups (broad SMARTS) is 2. The van der Waals surface area contributed by atoms with Gasteiger partial charge in [0.25, 0.3) is 0 Å². The summed E-state index contributed by atoms with van der Waals surface area (Å²) in [6, 6.07) is 0. The minimum atomic E-state index is -1.11. The molecule has 0 unspecified atom stereocenters. The maximum absolute atomic E-state index is 10.5. The molecule has 0 aliphatic heterocycles. The molecule has 0 aliphatic rings. The van der Waals surface area contributed by atoms with Gasteiger partial charge in [-0.05, 0) is 16.6 Å². The van der Waals surface area contributed by atoms with Crippen LogP contribution in [0.5, 0.6) is 0 Å². The van der Waals surface area contributed by atoms with Gasteiger partial charge in [-0.1, -0.05) is 22.3 Å². The third-order valence-corrected chi connectivity index (χ3v) is 1.33. The van der Waals surface area contributed by atoms with Crippen LogP contribution in [-0.4, -0.2) is 64.7 Å². The Morgan fingerprint density at radius 1 is 0.718 bits per heavy atom. The standard InChI is InChI=1S/C4H4N6O3.C3H6O2.C2H3N3O2.4ClH.I2.4H2N.2H2O.2Pt/c5-9-7-1-3(11)13-4(12)2-8-10-6;1-2-3(4)5;3-5-4-1-2(6)7;;;;;1-2;;;;;;;;/h1-2H2;2H2,1H3,(H,4,5);1H2,(H,6,7);4*1H;;6*1H2;;/q;;;;;;;;4*-1;;;2*+4/p-4. The monoisotopic (exact) mass is 1240 g/mol. The second kappa shape index (κ2) is 83.2. The first-order valence-electron chi connectivity index (χ1n) is 6.56. The molecule has 242 valence electrons. The Labute approximate surface area is 278 Å². The predicted octanol–water partition coefficient (Wildman–Crippen LogP) is 7.28. The summed E-state index contributed by atoms with van der Waals surface area (Å²) >= 11 is 3.30. The first-order chi connectivity index (χ1) is 15.6. The van der Waals surface area contributed by atoms with E-state index < -0.39 is 76.5 Å². The van der Waals surface area contributed by atoms with Gasteiger partial charge in [0.2, 0.25) is 0 Å². The Hall–Kier alpha value is -0.233. The first kappa shape index (κ1) is 77.2. The molecule has 22 nitrogen and oxygen atoms in total. The number of aliphatic carboxylic acids is 2.